The van der Waals surface area contributed by atoms with E-state index in [0.29, 0.717) is 17.1 Å². The third kappa shape index (κ3) is 3.20. The van der Waals surface area contributed by atoms with Crippen molar-refractivity contribution in [2.75, 3.05) is 0 Å². The first-order valence-corrected chi connectivity index (χ1v) is 6.66. The zero-order valence-corrected chi connectivity index (χ0v) is 11.0. The van der Waals surface area contributed by atoms with E-state index in [-0.39, 0.29) is 11.4 Å². The third-order valence-corrected chi connectivity index (χ3v) is 4.06. The summed E-state index contributed by atoms with van der Waals surface area (Å²) in [7, 11) is 0. The van der Waals surface area contributed by atoms with Gasteiger partial charge >= 0.3 is 0 Å². The normalized spacial score (nSPS) is 19.2. The van der Waals surface area contributed by atoms with Crippen molar-refractivity contribution in [2.45, 2.75) is 51.1 Å². The van der Waals surface area contributed by atoms with Gasteiger partial charge in [-0.05, 0) is 31.9 Å². The fourth-order valence-electron chi connectivity index (χ4n) is 2.51. The van der Waals surface area contributed by atoms with Crippen LogP contribution in [0.15, 0.2) is 18.2 Å². The van der Waals surface area contributed by atoms with Crippen molar-refractivity contribution in [3.63, 3.8) is 0 Å². The van der Waals surface area contributed by atoms with E-state index in [0.717, 1.165) is 0 Å². The van der Waals surface area contributed by atoms with E-state index in [2.05, 4.69) is 12.2 Å². The largest absolute Gasteiger partial charge is 0.307 e. The molecule has 2 rings (SSSR count). The Morgan fingerprint density at radius 3 is 2.65 bits per heavy atom. The standard InChI is InChI=1S/C14H19ClFN/c1-14(8-3-2-4-9-14)17-10-11-12(15)6-5-7-13(11)16/h5-7,17H,2-4,8-10H2,1H3. The molecular formula is C14H19ClFN. The second kappa shape index (κ2) is 5.36. The van der Waals surface area contributed by atoms with Crippen molar-refractivity contribution in [1.82, 2.24) is 5.32 Å². The lowest BCUT2D eigenvalue weighted by molar-refractivity contribution is 0.251. The number of benzene rings is 1. The van der Waals surface area contributed by atoms with Crippen LogP contribution in [0.2, 0.25) is 5.02 Å². The number of hydrogen-bond donors (Lipinski definition) is 1. The SMILES string of the molecule is CC1(NCc2c(F)cccc2Cl)CCCCC1. The van der Waals surface area contributed by atoms with E-state index in [1.807, 2.05) is 0 Å². The number of halogens is 2. The van der Waals surface area contributed by atoms with Gasteiger partial charge in [-0.25, -0.2) is 4.39 Å². The van der Waals surface area contributed by atoms with Crippen molar-refractivity contribution >= 4 is 11.6 Å². The maximum Gasteiger partial charge on any atom is 0.129 e. The molecule has 1 aliphatic rings. The van der Waals surface area contributed by atoms with Gasteiger partial charge in [-0.1, -0.05) is 36.9 Å². The molecule has 0 aromatic heterocycles. The minimum Gasteiger partial charge on any atom is -0.307 e. The summed E-state index contributed by atoms with van der Waals surface area (Å²) >= 11 is 6.01. The van der Waals surface area contributed by atoms with Gasteiger partial charge < -0.3 is 5.32 Å². The summed E-state index contributed by atoms with van der Waals surface area (Å²) in [5.74, 6) is -0.218. The Hall–Kier alpha value is -0.600. The zero-order chi connectivity index (χ0) is 12.3. The average Bonchev–Trinajstić information content (AvgIpc) is 2.29. The topological polar surface area (TPSA) is 12.0 Å². The van der Waals surface area contributed by atoms with Crippen LogP contribution in [-0.2, 0) is 6.54 Å². The lowest BCUT2D eigenvalue weighted by Crippen LogP contribution is -2.43. The Balaban J connectivity index is 2.02. The molecule has 1 aromatic rings. The number of nitrogens with one attached hydrogen (secondary N) is 1. The first-order valence-electron chi connectivity index (χ1n) is 6.29. The molecular weight excluding hydrogens is 237 g/mol. The van der Waals surface area contributed by atoms with E-state index in [1.165, 1.54) is 38.2 Å². The summed E-state index contributed by atoms with van der Waals surface area (Å²) in [6, 6.07) is 4.85. The van der Waals surface area contributed by atoms with Crippen molar-refractivity contribution in [1.29, 1.82) is 0 Å². The van der Waals surface area contributed by atoms with Crippen LogP contribution in [0.25, 0.3) is 0 Å². The van der Waals surface area contributed by atoms with Crippen molar-refractivity contribution in [3.05, 3.63) is 34.6 Å². The monoisotopic (exact) mass is 255 g/mol. The lowest BCUT2D eigenvalue weighted by atomic mass is 9.83. The highest BCUT2D eigenvalue weighted by atomic mass is 35.5. The summed E-state index contributed by atoms with van der Waals surface area (Å²) in [4.78, 5) is 0. The Morgan fingerprint density at radius 1 is 1.29 bits per heavy atom. The van der Waals surface area contributed by atoms with Crippen molar-refractivity contribution in [3.8, 4) is 0 Å². The highest BCUT2D eigenvalue weighted by Gasteiger charge is 2.26. The summed E-state index contributed by atoms with van der Waals surface area (Å²) in [5, 5.41) is 3.98. The van der Waals surface area contributed by atoms with E-state index >= 15 is 0 Å². The molecule has 1 nitrogen and oxygen atoms in total. The van der Waals surface area contributed by atoms with Gasteiger partial charge in [-0.2, -0.15) is 0 Å². The minimum atomic E-state index is -0.218. The van der Waals surface area contributed by atoms with Gasteiger partial charge in [-0.15, -0.1) is 0 Å². The molecule has 0 atom stereocenters. The zero-order valence-electron chi connectivity index (χ0n) is 10.2. The van der Waals surface area contributed by atoms with Gasteiger partial charge in [0.2, 0.25) is 0 Å². The van der Waals surface area contributed by atoms with Gasteiger partial charge in [0.25, 0.3) is 0 Å². The summed E-state index contributed by atoms with van der Waals surface area (Å²) in [6.07, 6.45) is 6.17. The van der Waals surface area contributed by atoms with Gasteiger partial charge in [0.05, 0.1) is 0 Å². The van der Waals surface area contributed by atoms with Gasteiger partial charge in [0, 0.05) is 22.7 Å². The van der Waals surface area contributed by atoms with E-state index in [4.69, 9.17) is 11.6 Å². The van der Waals surface area contributed by atoms with E-state index in [9.17, 15) is 4.39 Å². The predicted octanol–water partition coefficient (Wildman–Crippen LogP) is 4.29. The third-order valence-electron chi connectivity index (χ3n) is 3.71. The van der Waals surface area contributed by atoms with Crippen molar-refractivity contribution in [2.24, 2.45) is 0 Å². The molecule has 0 bridgehead atoms. The van der Waals surface area contributed by atoms with Gasteiger partial charge in [0.1, 0.15) is 5.82 Å². The first-order chi connectivity index (χ1) is 8.11. The molecule has 17 heavy (non-hydrogen) atoms. The van der Waals surface area contributed by atoms with Crippen molar-refractivity contribution < 1.29 is 4.39 Å². The fraction of sp³-hybridized carbons (Fsp3) is 0.571. The van der Waals surface area contributed by atoms with E-state index < -0.39 is 0 Å². The Bertz CT molecular complexity index is 366. The summed E-state index contributed by atoms with van der Waals surface area (Å²) < 4.78 is 13.6. The molecule has 1 fully saturated rings. The average molecular weight is 256 g/mol. The van der Waals surface area contributed by atoms with E-state index in [1.54, 1.807) is 12.1 Å². The van der Waals surface area contributed by atoms with Crippen LogP contribution >= 0.6 is 11.6 Å². The second-order valence-electron chi connectivity index (χ2n) is 5.18. The molecule has 0 amide bonds. The first kappa shape index (κ1) is 12.8. The van der Waals surface area contributed by atoms with Crippen LogP contribution in [0.4, 0.5) is 4.39 Å². The van der Waals surface area contributed by atoms with Gasteiger partial charge in [0.15, 0.2) is 0 Å². The quantitative estimate of drug-likeness (QED) is 0.850. The second-order valence-corrected chi connectivity index (χ2v) is 5.58. The molecule has 1 aromatic carbocycles. The molecule has 0 unspecified atom stereocenters. The molecule has 0 aliphatic heterocycles. The fourth-order valence-corrected chi connectivity index (χ4v) is 2.74. The molecule has 0 radical (unpaired) electrons. The highest BCUT2D eigenvalue weighted by molar-refractivity contribution is 6.31. The minimum absolute atomic E-state index is 0.143. The molecule has 1 N–H and O–H groups in total. The molecule has 94 valence electrons. The molecule has 3 heteroatoms. The van der Waals surface area contributed by atoms with Crippen LogP contribution in [-0.4, -0.2) is 5.54 Å². The highest BCUT2D eigenvalue weighted by Crippen LogP contribution is 2.28. The molecule has 1 saturated carbocycles. The van der Waals surface area contributed by atoms with Gasteiger partial charge in [-0.3, -0.25) is 0 Å². The van der Waals surface area contributed by atoms with Crippen LogP contribution in [0.3, 0.4) is 0 Å². The number of rotatable bonds is 3. The number of hydrogen-bond acceptors (Lipinski definition) is 1. The van der Waals surface area contributed by atoms with Crippen LogP contribution < -0.4 is 5.32 Å². The summed E-state index contributed by atoms with van der Waals surface area (Å²) in [6.45, 7) is 2.74. The van der Waals surface area contributed by atoms with Crippen LogP contribution in [0.1, 0.15) is 44.6 Å². The Labute approximate surface area is 107 Å². The Kier molecular flexibility index (Phi) is 4.05. The molecule has 0 saturated heterocycles. The molecule has 0 heterocycles. The maximum atomic E-state index is 13.6. The Morgan fingerprint density at radius 2 is 2.00 bits per heavy atom. The summed E-state index contributed by atoms with van der Waals surface area (Å²) in [5.41, 5.74) is 0.727. The lowest BCUT2D eigenvalue weighted by Gasteiger charge is -2.35. The molecule has 1 aliphatic carbocycles. The molecule has 0 spiro atoms. The van der Waals surface area contributed by atoms with Crippen LogP contribution in [0, 0.1) is 5.82 Å². The maximum absolute atomic E-state index is 13.6. The van der Waals surface area contributed by atoms with Crippen LogP contribution in [0.5, 0.6) is 0 Å². The predicted molar refractivity (Wildman–Crippen MR) is 69.7 cm³/mol. The smallest absolute Gasteiger partial charge is 0.129 e.